The minimum atomic E-state index is -5.59. The molecule has 0 aliphatic rings. The van der Waals surface area contributed by atoms with E-state index in [2.05, 4.69) is 0 Å². The third-order valence-corrected chi connectivity index (χ3v) is 1.06. The molecule has 6 heteroatoms. The molecular weight excluding hydrogens is 183 g/mol. The average molecular weight is 190 g/mol. The van der Waals surface area contributed by atoms with Crippen LogP contribution in [0, 0.1) is 0 Å². The molecule has 0 atom stereocenters. The Hall–Kier alpha value is -0.650. The van der Waals surface area contributed by atoms with Crippen molar-refractivity contribution < 1.29 is 27.1 Å². The first kappa shape index (κ1) is 11.4. The monoisotopic (exact) mass is 190 g/mol. The van der Waals surface area contributed by atoms with Crippen LogP contribution in [0.2, 0.25) is 0 Å². The minimum Gasteiger partial charge on any atom is -0.392 e. The number of aliphatic hydroxyl groups excluding tert-OH is 1. The molecule has 12 heavy (non-hydrogen) atoms. The van der Waals surface area contributed by atoms with Crippen LogP contribution in [0.1, 0.15) is 6.92 Å². The fourth-order valence-corrected chi connectivity index (χ4v) is 0.437. The smallest absolute Gasteiger partial charge is 0.392 e. The highest BCUT2D eigenvalue weighted by molar-refractivity contribution is 5.08. The van der Waals surface area contributed by atoms with Crippen LogP contribution < -0.4 is 0 Å². The molecule has 72 valence electrons. The Morgan fingerprint density at radius 2 is 1.67 bits per heavy atom. The van der Waals surface area contributed by atoms with Crippen LogP contribution in [0.4, 0.5) is 22.0 Å². The van der Waals surface area contributed by atoms with Crippen LogP contribution in [0.3, 0.4) is 0 Å². The van der Waals surface area contributed by atoms with Gasteiger partial charge in [-0.15, -0.1) is 0 Å². The Bertz CT molecular complexity index is 181. The van der Waals surface area contributed by atoms with E-state index in [-0.39, 0.29) is 6.08 Å². The molecule has 0 aliphatic carbocycles. The molecule has 0 aromatic heterocycles. The van der Waals surface area contributed by atoms with Gasteiger partial charge in [-0.1, -0.05) is 0 Å². The molecule has 0 fully saturated rings. The Balaban J connectivity index is 4.64. The molecule has 0 aliphatic heterocycles. The van der Waals surface area contributed by atoms with Crippen molar-refractivity contribution in [3.05, 3.63) is 11.6 Å². The van der Waals surface area contributed by atoms with Gasteiger partial charge >= 0.3 is 12.1 Å². The number of rotatable bonds is 2. The van der Waals surface area contributed by atoms with Gasteiger partial charge in [0.2, 0.25) is 0 Å². The van der Waals surface area contributed by atoms with Gasteiger partial charge in [0, 0.05) is 0 Å². The fraction of sp³-hybridized carbons (Fsp3) is 0.667. The first-order valence-corrected chi connectivity index (χ1v) is 2.94. The maximum Gasteiger partial charge on any atom is 0.457 e. The van der Waals surface area contributed by atoms with Gasteiger partial charge < -0.3 is 5.11 Å². The molecule has 0 saturated carbocycles. The van der Waals surface area contributed by atoms with E-state index >= 15 is 0 Å². The standard InChI is InChI=1S/C6H7F5O/c1-4(3-12)2-5(7,8)6(9,10)11/h2,12H,3H2,1H3/b4-2-. The fourth-order valence-electron chi connectivity index (χ4n) is 0.437. The summed E-state index contributed by atoms with van der Waals surface area (Å²) in [5, 5.41) is 8.19. The van der Waals surface area contributed by atoms with Gasteiger partial charge in [0.05, 0.1) is 6.61 Å². The van der Waals surface area contributed by atoms with Crippen LogP contribution >= 0.6 is 0 Å². The Morgan fingerprint density at radius 1 is 1.25 bits per heavy atom. The zero-order chi connectivity index (χ0) is 9.99. The van der Waals surface area contributed by atoms with E-state index in [4.69, 9.17) is 5.11 Å². The minimum absolute atomic E-state index is 0.299. The summed E-state index contributed by atoms with van der Waals surface area (Å²) in [6, 6.07) is 0. The van der Waals surface area contributed by atoms with E-state index in [0.717, 1.165) is 6.92 Å². The Morgan fingerprint density at radius 3 is 1.92 bits per heavy atom. The average Bonchev–Trinajstić information content (AvgIpc) is 1.84. The second-order valence-corrected chi connectivity index (χ2v) is 2.27. The van der Waals surface area contributed by atoms with Crippen LogP contribution in [-0.2, 0) is 0 Å². The van der Waals surface area contributed by atoms with Gasteiger partial charge in [-0.3, -0.25) is 0 Å². The molecule has 0 rings (SSSR count). The van der Waals surface area contributed by atoms with Crippen molar-refractivity contribution in [3.8, 4) is 0 Å². The lowest BCUT2D eigenvalue weighted by Gasteiger charge is -2.16. The molecule has 0 saturated heterocycles. The molecule has 0 amide bonds. The molecule has 0 aromatic rings. The van der Waals surface area contributed by atoms with Gasteiger partial charge in [0.25, 0.3) is 0 Å². The Labute approximate surface area is 65.5 Å². The summed E-state index contributed by atoms with van der Waals surface area (Å²) in [5.41, 5.74) is -0.419. The largest absolute Gasteiger partial charge is 0.457 e. The summed E-state index contributed by atoms with van der Waals surface area (Å²) in [7, 11) is 0. The van der Waals surface area contributed by atoms with Crippen molar-refractivity contribution in [2.75, 3.05) is 6.61 Å². The van der Waals surface area contributed by atoms with Crippen LogP contribution in [-0.4, -0.2) is 23.8 Å². The summed E-state index contributed by atoms with van der Waals surface area (Å²) in [6.45, 7) is 0.172. The van der Waals surface area contributed by atoms with Crippen molar-refractivity contribution >= 4 is 0 Å². The molecule has 0 bridgehead atoms. The van der Waals surface area contributed by atoms with E-state index in [1.54, 1.807) is 0 Å². The normalized spacial score (nSPS) is 15.1. The number of hydrogen-bond donors (Lipinski definition) is 1. The van der Waals surface area contributed by atoms with E-state index in [1.165, 1.54) is 0 Å². The van der Waals surface area contributed by atoms with Gasteiger partial charge in [-0.2, -0.15) is 22.0 Å². The molecule has 1 nitrogen and oxygen atoms in total. The molecular formula is C6H7F5O. The quantitative estimate of drug-likeness (QED) is 0.522. The molecule has 0 spiro atoms. The number of halogens is 5. The molecule has 0 heterocycles. The summed E-state index contributed by atoms with van der Waals surface area (Å²) in [5.74, 6) is -4.86. The number of alkyl halides is 5. The zero-order valence-electron chi connectivity index (χ0n) is 6.12. The lowest BCUT2D eigenvalue weighted by atomic mass is 10.2. The first-order valence-electron chi connectivity index (χ1n) is 2.94. The third-order valence-electron chi connectivity index (χ3n) is 1.06. The highest BCUT2D eigenvalue weighted by atomic mass is 19.4. The van der Waals surface area contributed by atoms with Crippen molar-refractivity contribution in [1.29, 1.82) is 0 Å². The van der Waals surface area contributed by atoms with E-state index in [1.807, 2.05) is 0 Å². The summed E-state index contributed by atoms with van der Waals surface area (Å²) in [6.07, 6.45) is -5.89. The zero-order valence-corrected chi connectivity index (χ0v) is 6.12. The second kappa shape index (κ2) is 3.38. The molecule has 1 N–H and O–H groups in total. The first-order chi connectivity index (χ1) is 5.20. The third kappa shape index (κ3) is 2.77. The number of aliphatic hydroxyl groups is 1. The lowest BCUT2D eigenvalue weighted by molar-refractivity contribution is -0.259. The van der Waals surface area contributed by atoms with Gasteiger partial charge in [-0.05, 0) is 18.6 Å². The highest BCUT2D eigenvalue weighted by Crippen LogP contribution is 2.36. The summed E-state index contributed by atoms with van der Waals surface area (Å²) >= 11 is 0. The molecule has 0 unspecified atom stereocenters. The Kier molecular flexibility index (Phi) is 3.20. The molecule has 0 aromatic carbocycles. The topological polar surface area (TPSA) is 20.2 Å². The van der Waals surface area contributed by atoms with E-state index in [9.17, 15) is 22.0 Å². The van der Waals surface area contributed by atoms with Crippen molar-refractivity contribution in [2.24, 2.45) is 0 Å². The van der Waals surface area contributed by atoms with Crippen LogP contribution in [0.15, 0.2) is 11.6 Å². The maximum absolute atomic E-state index is 12.1. The lowest BCUT2D eigenvalue weighted by Crippen LogP contribution is -2.34. The van der Waals surface area contributed by atoms with Crippen LogP contribution in [0.5, 0.6) is 0 Å². The van der Waals surface area contributed by atoms with Gasteiger partial charge in [0.15, 0.2) is 0 Å². The van der Waals surface area contributed by atoms with E-state index < -0.39 is 24.3 Å². The van der Waals surface area contributed by atoms with Crippen LogP contribution in [0.25, 0.3) is 0 Å². The summed E-state index contributed by atoms with van der Waals surface area (Å²) < 4.78 is 58.5. The molecule has 0 radical (unpaired) electrons. The van der Waals surface area contributed by atoms with E-state index in [0.29, 0.717) is 0 Å². The number of hydrogen-bond acceptors (Lipinski definition) is 1. The predicted octanol–water partition coefficient (Wildman–Crippen LogP) is 2.12. The van der Waals surface area contributed by atoms with Gasteiger partial charge in [-0.25, -0.2) is 0 Å². The van der Waals surface area contributed by atoms with Crippen molar-refractivity contribution in [1.82, 2.24) is 0 Å². The summed E-state index contributed by atoms with van der Waals surface area (Å²) in [4.78, 5) is 0. The second-order valence-electron chi connectivity index (χ2n) is 2.27. The predicted molar refractivity (Wildman–Crippen MR) is 31.8 cm³/mol. The van der Waals surface area contributed by atoms with Crippen molar-refractivity contribution in [3.63, 3.8) is 0 Å². The van der Waals surface area contributed by atoms with Gasteiger partial charge in [0.1, 0.15) is 0 Å². The maximum atomic E-state index is 12.1. The van der Waals surface area contributed by atoms with Crippen molar-refractivity contribution in [2.45, 2.75) is 19.0 Å². The SMILES string of the molecule is C/C(=C/C(F)(F)C(F)(F)F)CO. The highest BCUT2D eigenvalue weighted by Gasteiger charge is 2.55. The number of allylic oxidation sites excluding steroid dienone is 1.